The lowest BCUT2D eigenvalue weighted by atomic mass is 10.1. The summed E-state index contributed by atoms with van der Waals surface area (Å²) in [6.45, 7) is 7.30. The van der Waals surface area contributed by atoms with E-state index in [2.05, 4.69) is 15.6 Å². The molecule has 1 unspecified atom stereocenters. The Balaban J connectivity index is 1.79. The van der Waals surface area contributed by atoms with Gasteiger partial charge in [0.2, 0.25) is 0 Å². The highest BCUT2D eigenvalue weighted by molar-refractivity contribution is 5.80. The molecule has 1 heterocycles. The van der Waals surface area contributed by atoms with Gasteiger partial charge in [-0.1, -0.05) is 6.07 Å². The number of hydrogen-bond donors (Lipinski definition) is 2. The molecule has 1 saturated heterocycles. The number of benzene rings is 1. The lowest BCUT2D eigenvalue weighted by Gasteiger charge is -2.22. The third-order valence-electron chi connectivity index (χ3n) is 4.22. The van der Waals surface area contributed by atoms with Crippen molar-refractivity contribution in [1.29, 1.82) is 0 Å². The number of ether oxygens (including phenoxy) is 2. The van der Waals surface area contributed by atoms with Crippen LogP contribution in [0.2, 0.25) is 0 Å². The van der Waals surface area contributed by atoms with Crippen molar-refractivity contribution in [2.45, 2.75) is 45.3 Å². The molecule has 1 aromatic carbocycles. The van der Waals surface area contributed by atoms with Crippen molar-refractivity contribution < 1.29 is 18.3 Å². The largest absolute Gasteiger partial charge is 0.381 e. The smallest absolute Gasteiger partial charge is 0.191 e. The summed E-state index contributed by atoms with van der Waals surface area (Å²) >= 11 is 0. The molecule has 0 radical (unpaired) electrons. The fraction of sp³-hybridized carbons (Fsp3) is 0.632. The molecular weight excluding hydrogens is 340 g/mol. The van der Waals surface area contributed by atoms with E-state index in [0.717, 1.165) is 38.5 Å². The average Bonchev–Trinajstić information content (AvgIpc) is 2.62. The molecule has 2 rings (SSSR count). The van der Waals surface area contributed by atoms with Crippen LogP contribution in [0.1, 0.15) is 44.7 Å². The first-order chi connectivity index (χ1) is 12.6. The Bertz CT molecular complexity index is 578. The normalized spacial score (nSPS) is 17.2. The predicted octanol–water partition coefficient (Wildman–Crippen LogP) is 3.17. The molecule has 5 nitrogen and oxygen atoms in total. The summed E-state index contributed by atoms with van der Waals surface area (Å²) < 4.78 is 38.1. The molecule has 0 aromatic heterocycles. The maximum atomic E-state index is 13.9. The Hall–Kier alpha value is -1.73. The van der Waals surface area contributed by atoms with Crippen LogP contribution in [0.15, 0.2) is 23.2 Å². The summed E-state index contributed by atoms with van der Waals surface area (Å²) in [4.78, 5) is 4.50. The fourth-order valence-corrected chi connectivity index (χ4v) is 2.80. The maximum Gasteiger partial charge on any atom is 0.191 e. The lowest BCUT2D eigenvalue weighted by molar-refractivity contribution is -0.0318. The molecule has 2 N–H and O–H groups in total. The van der Waals surface area contributed by atoms with E-state index in [9.17, 15) is 8.78 Å². The van der Waals surface area contributed by atoms with Gasteiger partial charge in [0, 0.05) is 44.5 Å². The SMILES string of the molecule is CCNC(=NCCCOC1CCOCC1)NC(C)c1ccc(F)cc1F. The van der Waals surface area contributed by atoms with Crippen molar-refractivity contribution in [3.8, 4) is 0 Å². The van der Waals surface area contributed by atoms with E-state index < -0.39 is 11.6 Å². The highest BCUT2D eigenvalue weighted by atomic mass is 19.1. The van der Waals surface area contributed by atoms with Crippen molar-refractivity contribution in [2.24, 2.45) is 4.99 Å². The third kappa shape index (κ3) is 6.88. The topological polar surface area (TPSA) is 54.9 Å². The van der Waals surface area contributed by atoms with Gasteiger partial charge in [-0.2, -0.15) is 0 Å². The van der Waals surface area contributed by atoms with E-state index in [4.69, 9.17) is 9.47 Å². The predicted molar refractivity (Wildman–Crippen MR) is 98.3 cm³/mol. The van der Waals surface area contributed by atoms with Crippen LogP contribution < -0.4 is 10.6 Å². The van der Waals surface area contributed by atoms with Gasteiger partial charge in [0.1, 0.15) is 11.6 Å². The van der Waals surface area contributed by atoms with E-state index in [0.29, 0.717) is 37.3 Å². The van der Waals surface area contributed by atoms with E-state index >= 15 is 0 Å². The molecule has 0 spiro atoms. The zero-order chi connectivity index (χ0) is 18.8. The number of nitrogens with zero attached hydrogens (tertiary/aromatic N) is 1. The molecule has 146 valence electrons. The van der Waals surface area contributed by atoms with Crippen molar-refractivity contribution >= 4 is 5.96 Å². The van der Waals surface area contributed by atoms with Gasteiger partial charge in [0.05, 0.1) is 12.1 Å². The number of rotatable bonds is 8. The van der Waals surface area contributed by atoms with Crippen LogP contribution in [0.4, 0.5) is 8.78 Å². The number of halogens is 2. The molecule has 1 aliphatic heterocycles. The molecular formula is C19H29F2N3O2. The van der Waals surface area contributed by atoms with Gasteiger partial charge in [-0.15, -0.1) is 0 Å². The Kier molecular flexibility index (Phi) is 8.77. The van der Waals surface area contributed by atoms with Gasteiger partial charge in [-0.3, -0.25) is 4.99 Å². The van der Waals surface area contributed by atoms with E-state index in [1.165, 1.54) is 12.1 Å². The highest BCUT2D eigenvalue weighted by Crippen LogP contribution is 2.17. The van der Waals surface area contributed by atoms with E-state index in [-0.39, 0.29) is 6.04 Å². The van der Waals surface area contributed by atoms with Gasteiger partial charge < -0.3 is 20.1 Å². The van der Waals surface area contributed by atoms with Crippen LogP contribution in [0.5, 0.6) is 0 Å². The van der Waals surface area contributed by atoms with Crippen molar-refractivity contribution in [2.75, 3.05) is 32.9 Å². The quantitative estimate of drug-likeness (QED) is 0.420. The minimum atomic E-state index is -0.580. The lowest BCUT2D eigenvalue weighted by Crippen LogP contribution is -2.39. The van der Waals surface area contributed by atoms with Gasteiger partial charge in [0.15, 0.2) is 5.96 Å². The molecule has 26 heavy (non-hydrogen) atoms. The van der Waals surface area contributed by atoms with Crippen molar-refractivity contribution in [1.82, 2.24) is 10.6 Å². The summed E-state index contributed by atoms with van der Waals surface area (Å²) in [6, 6.07) is 3.28. The second kappa shape index (κ2) is 11.1. The highest BCUT2D eigenvalue weighted by Gasteiger charge is 2.14. The van der Waals surface area contributed by atoms with Crippen LogP contribution in [-0.4, -0.2) is 45.0 Å². The molecule has 0 saturated carbocycles. The van der Waals surface area contributed by atoms with Crippen LogP contribution in [0.25, 0.3) is 0 Å². The molecule has 0 bridgehead atoms. The standard InChI is InChI=1S/C19H29F2N3O2/c1-3-22-19(23-9-4-10-26-16-7-11-25-12-8-16)24-14(2)17-6-5-15(20)13-18(17)21/h5-6,13-14,16H,3-4,7-12H2,1-2H3,(H2,22,23,24). The third-order valence-corrected chi connectivity index (χ3v) is 4.22. The average molecular weight is 369 g/mol. The number of guanidine groups is 1. The van der Waals surface area contributed by atoms with Gasteiger partial charge in [0.25, 0.3) is 0 Å². The van der Waals surface area contributed by atoms with Crippen LogP contribution in [0.3, 0.4) is 0 Å². The molecule has 0 amide bonds. The van der Waals surface area contributed by atoms with E-state index in [1.54, 1.807) is 0 Å². The summed E-state index contributed by atoms with van der Waals surface area (Å²) in [5.41, 5.74) is 0.403. The summed E-state index contributed by atoms with van der Waals surface area (Å²) in [6.07, 6.45) is 3.01. The van der Waals surface area contributed by atoms with Gasteiger partial charge >= 0.3 is 0 Å². The van der Waals surface area contributed by atoms with Gasteiger partial charge in [-0.05, 0) is 39.2 Å². The van der Waals surface area contributed by atoms with E-state index in [1.807, 2.05) is 13.8 Å². The second-order valence-corrected chi connectivity index (χ2v) is 6.33. The first-order valence-electron chi connectivity index (χ1n) is 9.29. The van der Waals surface area contributed by atoms with Crippen molar-refractivity contribution in [3.05, 3.63) is 35.4 Å². The number of hydrogen-bond acceptors (Lipinski definition) is 3. The van der Waals surface area contributed by atoms with Crippen LogP contribution >= 0.6 is 0 Å². The summed E-state index contributed by atoms with van der Waals surface area (Å²) in [5, 5.41) is 6.29. The number of aliphatic imine (C=N–C) groups is 1. The minimum Gasteiger partial charge on any atom is -0.381 e. The zero-order valence-electron chi connectivity index (χ0n) is 15.6. The zero-order valence-corrected chi connectivity index (χ0v) is 15.6. The maximum absolute atomic E-state index is 13.9. The van der Waals surface area contributed by atoms with Crippen LogP contribution in [-0.2, 0) is 9.47 Å². The van der Waals surface area contributed by atoms with Crippen LogP contribution in [0, 0.1) is 11.6 Å². The monoisotopic (exact) mass is 369 g/mol. The first-order valence-corrected chi connectivity index (χ1v) is 9.29. The molecule has 1 aromatic rings. The summed E-state index contributed by atoms with van der Waals surface area (Å²) in [5.74, 6) is -0.538. The van der Waals surface area contributed by atoms with Gasteiger partial charge in [-0.25, -0.2) is 8.78 Å². The fourth-order valence-electron chi connectivity index (χ4n) is 2.80. The molecule has 7 heteroatoms. The molecule has 1 aliphatic rings. The first kappa shape index (κ1) is 20.6. The Labute approximate surface area is 154 Å². The Morgan fingerprint density at radius 2 is 2.12 bits per heavy atom. The summed E-state index contributed by atoms with van der Waals surface area (Å²) in [7, 11) is 0. The molecule has 1 atom stereocenters. The number of nitrogens with one attached hydrogen (secondary N) is 2. The van der Waals surface area contributed by atoms with Crippen molar-refractivity contribution in [3.63, 3.8) is 0 Å². The Morgan fingerprint density at radius 1 is 1.35 bits per heavy atom. The minimum absolute atomic E-state index is 0.292. The second-order valence-electron chi connectivity index (χ2n) is 6.33. The molecule has 0 aliphatic carbocycles. The Morgan fingerprint density at radius 3 is 2.81 bits per heavy atom. The molecule has 1 fully saturated rings.